The molecule has 0 radical (unpaired) electrons. The second-order valence-corrected chi connectivity index (χ2v) is 5.91. The summed E-state index contributed by atoms with van der Waals surface area (Å²) in [4.78, 5) is 11.7. The highest BCUT2D eigenvalue weighted by atomic mass is 35.5. The van der Waals surface area contributed by atoms with Gasteiger partial charge in [-0.15, -0.1) is 0 Å². The minimum absolute atomic E-state index is 0.247. The quantitative estimate of drug-likeness (QED) is 0.478. The summed E-state index contributed by atoms with van der Waals surface area (Å²) in [5, 5.41) is 4.75. The second-order valence-electron chi connectivity index (χ2n) is 4.69. The maximum absolute atomic E-state index is 11.7. The maximum atomic E-state index is 11.7. The van der Waals surface area contributed by atoms with Crippen molar-refractivity contribution in [2.24, 2.45) is 5.10 Å². The zero-order valence-corrected chi connectivity index (χ0v) is 14.4. The number of halogens is 3. The third kappa shape index (κ3) is 5.43. The Hall–Kier alpha value is -1.75. The lowest BCUT2D eigenvalue weighted by atomic mass is 10.2. The Morgan fingerprint density at radius 3 is 2.65 bits per heavy atom. The van der Waals surface area contributed by atoms with E-state index in [0.717, 1.165) is 11.1 Å². The molecule has 0 saturated carbocycles. The van der Waals surface area contributed by atoms with Crippen molar-refractivity contribution in [3.63, 3.8) is 0 Å². The SMILES string of the molecule is Cc1cccc(/C=N/NC(=O)COc2cc(Cl)c(Cl)cc2Cl)c1. The van der Waals surface area contributed by atoms with Gasteiger partial charge in [0.2, 0.25) is 0 Å². The fourth-order valence-corrected chi connectivity index (χ4v) is 2.31. The minimum Gasteiger partial charge on any atom is -0.482 e. The van der Waals surface area contributed by atoms with E-state index >= 15 is 0 Å². The zero-order valence-electron chi connectivity index (χ0n) is 12.1. The molecular formula is C16H13Cl3N2O2. The maximum Gasteiger partial charge on any atom is 0.277 e. The van der Waals surface area contributed by atoms with Crippen molar-refractivity contribution in [1.29, 1.82) is 0 Å². The first-order chi connectivity index (χ1) is 11.0. The molecule has 7 heteroatoms. The molecule has 0 fully saturated rings. The van der Waals surface area contributed by atoms with Gasteiger partial charge >= 0.3 is 0 Å². The molecule has 0 atom stereocenters. The van der Waals surface area contributed by atoms with Crippen LogP contribution < -0.4 is 10.2 Å². The van der Waals surface area contributed by atoms with Gasteiger partial charge in [-0.3, -0.25) is 4.79 Å². The van der Waals surface area contributed by atoms with Crippen LogP contribution in [-0.4, -0.2) is 18.7 Å². The first kappa shape index (κ1) is 17.6. The Morgan fingerprint density at radius 1 is 1.17 bits per heavy atom. The van der Waals surface area contributed by atoms with E-state index in [4.69, 9.17) is 39.5 Å². The Bertz CT molecular complexity index is 748. The fourth-order valence-electron chi connectivity index (χ4n) is 1.72. The number of hydrazone groups is 1. The number of nitrogens with one attached hydrogen (secondary N) is 1. The van der Waals surface area contributed by atoms with Crippen LogP contribution in [0.5, 0.6) is 5.75 Å². The summed E-state index contributed by atoms with van der Waals surface area (Å²) >= 11 is 17.6. The van der Waals surface area contributed by atoms with Crippen molar-refractivity contribution in [2.75, 3.05) is 6.61 Å². The molecule has 0 spiro atoms. The molecule has 2 aromatic carbocycles. The molecule has 0 aliphatic carbocycles. The van der Waals surface area contributed by atoms with Gasteiger partial charge in [0.05, 0.1) is 21.3 Å². The van der Waals surface area contributed by atoms with Gasteiger partial charge in [0.15, 0.2) is 6.61 Å². The highest BCUT2D eigenvalue weighted by Crippen LogP contribution is 2.33. The first-order valence-electron chi connectivity index (χ1n) is 6.61. The predicted molar refractivity (Wildman–Crippen MR) is 93.9 cm³/mol. The molecule has 0 heterocycles. The van der Waals surface area contributed by atoms with Gasteiger partial charge in [0.1, 0.15) is 5.75 Å². The average molecular weight is 372 g/mol. The summed E-state index contributed by atoms with van der Waals surface area (Å²) in [6.45, 7) is 1.73. The number of benzene rings is 2. The number of aryl methyl sites for hydroxylation is 1. The van der Waals surface area contributed by atoms with E-state index in [9.17, 15) is 4.79 Å². The number of hydrogen-bond donors (Lipinski definition) is 1. The summed E-state index contributed by atoms with van der Waals surface area (Å²) in [5.41, 5.74) is 4.37. The molecule has 0 aromatic heterocycles. The topological polar surface area (TPSA) is 50.7 Å². The first-order valence-corrected chi connectivity index (χ1v) is 7.75. The minimum atomic E-state index is -0.420. The third-order valence-electron chi connectivity index (χ3n) is 2.78. The molecule has 0 bridgehead atoms. The van der Waals surface area contributed by atoms with E-state index in [0.29, 0.717) is 10.0 Å². The van der Waals surface area contributed by atoms with Crippen LogP contribution in [0.1, 0.15) is 11.1 Å². The summed E-state index contributed by atoms with van der Waals surface area (Å²) < 4.78 is 5.30. The Balaban J connectivity index is 1.87. The molecule has 23 heavy (non-hydrogen) atoms. The normalized spacial score (nSPS) is 10.8. The van der Waals surface area contributed by atoms with Gasteiger partial charge in [-0.1, -0.05) is 64.6 Å². The monoisotopic (exact) mass is 370 g/mol. The van der Waals surface area contributed by atoms with Crippen LogP contribution in [0.15, 0.2) is 41.5 Å². The number of amides is 1. The molecule has 1 N–H and O–H groups in total. The van der Waals surface area contributed by atoms with E-state index in [2.05, 4.69) is 10.5 Å². The lowest BCUT2D eigenvalue weighted by Gasteiger charge is -2.08. The van der Waals surface area contributed by atoms with E-state index in [1.165, 1.54) is 12.1 Å². The van der Waals surface area contributed by atoms with Crippen LogP contribution in [0, 0.1) is 6.92 Å². The van der Waals surface area contributed by atoms with Crippen LogP contribution in [0.3, 0.4) is 0 Å². The van der Waals surface area contributed by atoms with Crippen LogP contribution in [0.4, 0.5) is 0 Å². The van der Waals surface area contributed by atoms with E-state index in [1.807, 2.05) is 31.2 Å². The van der Waals surface area contributed by atoms with Crippen molar-refractivity contribution in [3.8, 4) is 5.75 Å². The molecule has 0 aliphatic rings. The Kier molecular flexibility index (Phi) is 6.28. The number of nitrogens with zero attached hydrogens (tertiary/aromatic N) is 1. The number of ether oxygens (including phenoxy) is 1. The van der Waals surface area contributed by atoms with Gasteiger partial charge in [-0.2, -0.15) is 5.10 Å². The van der Waals surface area contributed by atoms with Crippen molar-refractivity contribution >= 4 is 46.9 Å². The van der Waals surface area contributed by atoms with Gasteiger partial charge in [-0.05, 0) is 18.6 Å². The highest BCUT2D eigenvalue weighted by molar-refractivity contribution is 6.43. The molecule has 2 rings (SSSR count). The number of rotatable bonds is 5. The number of carbonyl (C=O) groups is 1. The molecular weight excluding hydrogens is 359 g/mol. The molecule has 0 aliphatic heterocycles. The van der Waals surface area contributed by atoms with E-state index in [-0.39, 0.29) is 17.4 Å². The molecule has 2 aromatic rings. The second kappa shape index (κ2) is 8.20. The molecule has 0 unspecified atom stereocenters. The van der Waals surface area contributed by atoms with Gasteiger partial charge < -0.3 is 4.74 Å². The Morgan fingerprint density at radius 2 is 1.91 bits per heavy atom. The molecule has 0 saturated heterocycles. The van der Waals surface area contributed by atoms with Crippen LogP contribution in [0.25, 0.3) is 0 Å². The summed E-state index contributed by atoms with van der Waals surface area (Å²) in [5.74, 6) is -0.144. The number of hydrogen-bond acceptors (Lipinski definition) is 3. The lowest BCUT2D eigenvalue weighted by Crippen LogP contribution is -2.24. The smallest absolute Gasteiger partial charge is 0.277 e. The Labute approximate surface area is 149 Å². The van der Waals surface area contributed by atoms with E-state index in [1.54, 1.807) is 6.21 Å². The average Bonchev–Trinajstić information content (AvgIpc) is 2.50. The summed E-state index contributed by atoms with van der Waals surface area (Å²) in [6.07, 6.45) is 1.55. The predicted octanol–water partition coefficient (Wildman–Crippen LogP) is 4.48. The highest BCUT2D eigenvalue weighted by Gasteiger charge is 2.09. The van der Waals surface area contributed by atoms with Gasteiger partial charge in [0, 0.05) is 6.07 Å². The number of carbonyl (C=O) groups excluding carboxylic acids is 1. The van der Waals surface area contributed by atoms with Crippen molar-refractivity contribution in [1.82, 2.24) is 5.43 Å². The lowest BCUT2D eigenvalue weighted by molar-refractivity contribution is -0.123. The van der Waals surface area contributed by atoms with Crippen LogP contribution in [0.2, 0.25) is 15.1 Å². The van der Waals surface area contributed by atoms with Crippen molar-refractivity contribution in [2.45, 2.75) is 6.92 Å². The standard InChI is InChI=1S/C16H13Cl3N2O2/c1-10-3-2-4-11(5-10)8-20-21-16(22)9-23-15-7-13(18)12(17)6-14(15)19/h2-8H,9H2,1H3,(H,21,22)/b20-8+. The van der Waals surface area contributed by atoms with Gasteiger partial charge in [-0.25, -0.2) is 5.43 Å². The summed E-state index contributed by atoms with van der Waals surface area (Å²) in [6, 6.07) is 10.6. The van der Waals surface area contributed by atoms with Crippen LogP contribution in [-0.2, 0) is 4.79 Å². The third-order valence-corrected chi connectivity index (χ3v) is 3.80. The largest absolute Gasteiger partial charge is 0.482 e. The molecule has 4 nitrogen and oxygen atoms in total. The zero-order chi connectivity index (χ0) is 16.8. The van der Waals surface area contributed by atoms with Crippen molar-refractivity contribution < 1.29 is 9.53 Å². The summed E-state index contributed by atoms with van der Waals surface area (Å²) in [7, 11) is 0. The van der Waals surface area contributed by atoms with Gasteiger partial charge in [0.25, 0.3) is 5.91 Å². The van der Waals surface area contributed by atoms with Crippen LogP contribution >= 0.6 is 34.8 Å². The fraction of sp³-hybridized carbons (Fsp3) is 0.125. The molecule has 1 amide bonds. The van der Waals surface area contributed by atoms with Crippen molar-refractivity contribution in [3.05, 3.63) is 62.6 Å². The molecule has 120 valence electrons. The van der Waals surface area contributed by atoms with E-state index < -0.39 is 5.91 Å².